The maximum Gasteiger partial charge on any atom is 0.178 e. The van der Waals surface area contributed by atoms with Crippen LogP contribution in [0.15, 0.2) is 63.5 Å². The van der Waals surface area contributed by atoms with Crippen LogP contribution in [0.2, 0.25) is 10.0 Å². The SMILES string of the molecule is CN1C=C(Sc2cccc(Cl)c2Cl)C=N[C@H]1N1CCC2(CC1)Cc1ccccc1C2N. The number of allylic oxidation sites excluding steroid dienone is 1. The van der Waals surface area contributed by atoms with E-state index in [2.05, 4.69) is 47.3 Å². The van der Waals surface area contributed by atoms with Crippen LogP contribution in [0.1, 0.15) is 30.0 Å². The lowest BCUT2D eigenvalue weighted by Crippen LogP contribution is -2.51. The van der Waals surface area contributed by atoms with E-state index in [0.29, 0.717) is 10.0 Å². The molecule has 1 spiro atoms. The molecular weight excluding hydrogens is 447 g/mol. The van der Waals surface area contributed by atoms with Crippen LogP contribution in [0.4, 0.5) is 0 Å². The van der Waals surface area contributed by atoms with Gasteiger partial charge in [-0.05, 0) is 47.9 Å². The van der Waals surface area contributed by atoms with Crippen LogP contribution >= 0.6 is 35.0 Å². The number of benzene rings is 2. The number of fused-ring (bicyclic) bond motifs is 1. The summed E-state index contributed by atoms with van der Waals surface area (Å²) in [4.78, 5) is 11.5. The third kappa shape index (κ3) is 3.91. The molecule has 3 aliphatic rings. The number of aliphatic imine (C=N–C) groups is 1. The van der Waals surface area contributed by atoms with E-state index in [1.54, 1.807) is 17.8 Å². The highest BCUT2D eigenvalue weighted by atomic mass is 35.5. The lowest BCUT2D eigenvalue weighted by Gasteiger charge is -2.45. The van der Waals surface area contributed by atoms with Crippen molar-refractivity contribution in [2.45, 2.75) is 36.5 Å². The molecule has 1 saturated heterocycles. The van der Waals surface area contributed by atoms with Gasteiger partial charge in [-0.15, -0.1) is 0 Å². The maximum absolute atomic E-state index is 6.73. The third-order valence-corrected chi connectivity index (χ3v) is 8.82. The van der Waals surface area contributed by atoms with Crippen LogP contribution in [0, 0.1) is 5.41 Å². The molecule has 0 aromatic heterocycles. The number of piperidine rings is 1. The van der Waals surface area contributed by atoms with Gasteiger partial charge in [0.15, 0.2) is 6.29 Å². The average Bonchev–Trinajstić information content (AvgIpc) is 3.04. The number of nitrogens with zero attached hydrogens (tertiary/aromatic N) is 3. The summed E-state index contributed by atoms with van der Waals surface area (Å²) in [5, 5.41) is 1.16. The zero-order valence-corrected chi connectivity index (χ0v) is 19.8. The highest BCUT2D eigenvalue weighted by molar-refractivity contribution is 8.04. The number of likely N-dealkylation sites (tertiary alicyclic amines) is 1. The molecular formula is C24H26Cl2N4S. The van der Waals surface area contributed by atoms with E-state index in [1.807, 2.05) is 18.3 Å². The van der Waals surface area contributed by atoms with Gasteiger partial charge >= 0.3 is 0 Å². The van der Waals surface area contributed by atoms with E-state index >= 15 is 0 Å². The molecule has 1 aliphatic carbocycles. The Morgan fingerprint density at radius 3 is 2.61 bits per heavy atom. The fraction of sp³-hybridized carbons (Fsp3) is 0.375. The molecule has 2 N–H and O–H groups in total. The summed E-state index contributed by atoms with van der Waals surface area (Å²) in [7, 11) is 2.09. The number of halogens is 2. The van der Waals surface area contributed by atoms with E-state index in [4.69, 9.17) is 33.9 Å². The predicted molar refractivity (Wildman–Crippen MR) is 131 cm³/mol. The molecule has 2 aliphatic heterocycles. The van der Waals surface area contributed by atoms with Crippen molar-refractivity contribution in [3.05, 3.63) is 74.7 Å². The Kier molecular flexibility index (Phi) is 5.82. The summed E-state index contributed by atoms with van der Waals surface area (Å²) in [5.41, 5.74) is 9.69. The molecule has 0 radical (unpaired) electrons. The Balaban J connectivity index is 1.23. The molecule has 1 unspecified atom stereocenters. The highest BCUT2D eigenvalue weighted by Crippen LogP contribution is 2.51. The number of nitrogens with two attached hydrogens (primary N) is 1. The van der Waals surface area contributed by atoms with E-state index in [9.17, 15) is 0 Å². The summed E-state index contributed by atoms with van der Waals surface area (Å²) in [6.45, 7) is 2.01. The van der Waals surface area contributed by atoms with Gasteiger partial charge in [0.1, 0.15) is 0 Å². The zero-order valence-electron chi connectivity index (χ0n) is 17.5. The number of hydrogen-bond donors (Lipinski definition) is 1. The topological polar surface area (TPSA) is 44.9 Å². The fourth-order valence-electron chi connectivity index (χ4n) is 5.15. The van der Waals surface area contributed by atoms with Gasteiger partial charge in [0, 0.05) is 48.4 Å². The Morgan fingerprint density at radius 2 is 1.87 bits per heavy atom. The molecule has 0 saturated carbocycles. The van der Waals surface area contributed by atoms with Crippen molar-refractivity contribution in [1.29, 1.82) is 0 Å². The molecule has 2 atom stereocenters. The third-order valence-electron chi connectivity index (χ3n) is 6.89. The average molecular weight is 473 g/mol. The molecule has 162 valence electrons. The van der Waals surface area contributed by atoms with Gasteiger partial charge in [-0.3, -0.25) is 9.89 Å². The molecule has 31 heavy (non-hydrogen) atoms. The van der Waals surface area contributed by atoms with Crippen molar-refractivity contribution < 1.29 is 0 Å². The summed E-state index contributed by atoms with van der Waals surface area (Å²) >= 11 is 14.1. The lowest BCUT2D eigenvalue weighted by molar-refractivity contribution is 0.0215. The van der Waals surface area contributed by atoms with E-state index < -0.39 is 0 Å². The Bertz CT molecular complexity index is 1050. The Hall–Kier alpha value is -1.50. The number of thioether (sulfide) groups is 1. The number of rotatable bonds is 3. The van der Waals surface area contributed by atoms with Gasteiger partial charge in [-0.2, -0.15) is 0 Å². The van der Waals surface area contributed by atoms with Gasteiger partial charge in [-0.1, -0.05) is 65.3 Å². The van der Waals surface area contributed by atoms with E-state index in [-0.39, 0.29) is 17.7 Å². The predicted octanol–water partition coefficient (Wildman–Crippen LogP) is 5.57. The van der Waals surface area contributed by atoms with Gasteiger partial charge in [-0.25, -0.2) is 0 Å². The quantitative estimate of drug-likeness (QED) is 0.634. The largest absolute Gasteiger partial charge is 0.346 e. The zero-order chi connectivity index (χ0) is 21.6. The summed E-state index contributed by atoms with van der Waals surface area (Å²) in [5.74, 6) is 0. The van der Waals surface area contributed by atoms with Crippen molar-refractivity contribution in [3.63, 3.8) is 0 Å². The first-order chi connectivity index (χ1) is 15.0. The Labute approximate surface area is 198 Å². The van der Waals surface area contributed by atoms with Crippen LogP contribution in [-0.4, -0.2) is 42.4 Å². The minimum Gasteiger partial charge on any atom is -0.346 e. The lowest BCUT2D eigenvalue weighted by atomic mass is 9.73. The van der Waals surface area contributed by atoms with Crippen LogP contribution in [-0.2, 0) is 6.42 Å². The van der Waals surface area contributed by atoms with Crippen molar-refractivity contribution in [2.24, 2.45) is 16.1 Å². The first kappa shape index (κ1) is 21.4. The minimum atomic E-state index is 0.0246. The van der Waals surface area contributed by atoms with Crippen LogP contribution < -0.4 is 5.73 Å². The number of hydrogen-bond acceptors (Lipinski definition) is 5. The second kappa shape index (κ2) is 8.45. The minimum absolute atomic E-state index is 0.0246. The normalized spacial score (nSPS) is 25.0. The van der Waals surface area contributed by atoms with E-state index in [1.165, 1.54) is 11.1 Å². The summed E-state index contributed by atoms with van der Waals surface area (Å²) < 4.78 is 0. The molecule has 5 rings (SSSR count). The molecule has 2 heterocycles. The molecule has 4 nitrogen and oxygen atoms in total. The standard InChI is InChI=1S/C24H26Cl2N4S/c1-29-15-17(31-20-8-4-7-19(25)21(20)26)14-28-23(29)30-11-9-24(10-12-30)13-16-5-2-3-6-18(16)22(24)27/h2-8,14-15,22-23H,9-13,27H2,1H3/t22?,23-/m1/s1. The van der Waals surface area contributed by atoms with Crippen molar-refractivity contribution in [2.75, 3.05) is 20.1 Å². The van der Waals surface area contributed by atoms with Gasteiger partial charge in [0.2, 0.25) is 0 Å². The smallest absolute Gasteiger partial charge is 0.178 e. The molecule has 7 heteroatoms. The highest BCUT2D eigenvalue weighted by Gasteiger charge is 2.46. The summed E-state index contributed by atoms with van der Waals surface area (Å²) in [6, 6.07) is 14.5. The van der Waals surface area contributed by atoms with Crippen LogP contribution in [0.25, 0.3) is 0 Å². The second-order valence-corrected chi connectivity index (χ2v) is 10.6. The van der Waals surface area contributed by atoms with Gasteiger partial charge in [0.05, 0.1) is 10.0 Å². The first-order valence-electron chi connectivity index (χ1n) is 10.6. The summed E-state index contributed by atoms with van der Waals surface area (Å²) in [6.07, 6.45) is 7.42. The van der Waals surface area contributed by atoms with Crippen LogP contribution in [0.5, 0.6) is 0 Å². The molecule has 0 bridgehead atoms. The molecule has 2 aromatic carbocycles. The van der Waals surface area contributed by atoms with E-state index in [0.717, 1.165) is 42.2 Å². The maximum atomic E-state index is 6.73. The van der Waals surface area contributed by atoms with Crippen molar-refractivity contribution >= 4 is 41.2 Å². The van der Waals surface area contributed by atoms with Crippen LogP contribution in [0.3, 0.4) is 0 Å². The fourth-order valence-corrected chi connectivity index (χ4v) is 6.55. The first-order valence-corrected chi connectivity index (χ1v) is 12.2. The van der Waals surface area contributed by atoms with Gasteiger partial charge in [0.25, 0.3) is 0 Å². The molecule has 2 aromatic rings. The van der Waals surface area contributed by atoms with Crippen molar-refractivity contribution in [1.82, 2.24) is 9.80 Å². The van der Waals surface area contributed by atoms with Crippen molar-refractivity contribution in [3.8, 4) is 0 Å². The monoisotopic (exact) mass is 472 g/mol. The molecule has 1 fully saturated rings. The van der Waals surface area contributed by atoms with Gasteiger partial charge < -0.3 is 10.6 Å². The molecule has 0 amide bonds. The second-order valence-electron chi connectivity index (χ2n) is 8.73. The Morgan fingerprint density at radius 1 is 1.10 bits per heavy atom.